The largest absolute Gasteiger partial charge is 0.392 e. The number of carbonyl (C=O) groups excluding carboxylic acids is 1. The number of ether oxygens (including phenoxy) is 2. The molecule has 0 fully saturated rings. The second-order valence-corrected chi connectivity index (χ2v) is 5.54. The van der Waals surface area contributed by atoms with Gasteiger partial charge in [-0.1, -0.05) is 25.3 Å². The van der Waals surface area contributed by atoms with Gasteiger partial charge in [-0.05, 0) is 39.5 Å². The van der Waals surface area contributed by atoms with Crippen LogP contribution in [0.2, 0.25) is 0 Å². The fourth-order valence-electron chi connectivity index (χ4n) is 3.02. The lowest BCUT2D eigenvalue weighted by Gasteiger charge is -2.35. The van der Waals surface area contributed by atoms with E-state index in [1.165, 1.54) is 12.0 Å². The molecule has 21 heavy (non-hydrogen) atoms. The number of aldehydes is 1. The van der Waals surface area contributed by atoms with Crippen molar-refractivity contribution in [3.8, 4) is 0 Å². The summed E-state index contributed by atoms with van der Waals surface area (Å²) >= 11 is 0. The van der Waals surface area contributed by atoms with Gasteiger partial charge in [0.15, 0.2) is 6.29 Å². The molecule has 0 aromatic carbocycles. The number of aliphatic hydroxyl groups is 1. The van der Waals surface area contributed by atoms with Crippen LogP contribution < -0.4 is 0 Å². The highest BCUT2D eigenvalue weighted by atomic mass is 16.7. The number of unbranched alkanes of at least 4 members (excludes halogenated alkanes) is 2. The summed E-state index contributed by atoms with van der Waals surface area (Å²) in [7, 11) is 0. The highest BCUT2D eigenvalue weighted by molar-refractivity contribution is 5.76. The lowest BCUT2D eigenvalue weighted by atomic mass is 9.79. The first-order valence-corrected chi connectivity index (χ1v) is 8.27. The molecule has 1 aliphatic rings. The van der Waals surface area contributed by atoms with Crippen LogP contribution in [0.1, 0.15) is 59.3 Å². The van der Waals surface area contributed by atoms with Crippen molar-refractivity contribution in [2.75, 3.05) is 13.2 Å². The zero-order chi connectivity index (χ0) is 15.7. The first-order chi connectivity index (χ1) is 10.2. The number of allylic oxidation sites excluding steroid dienone is 1. The standard InChI is InChI=1S/C17H30O4/c1-4-7-8-9-13-10-11-15(19)16(14(13)12-18)17(20-5-2)21-6-3/h12,15-17,19H,4-11H2,1-3H3/t15-,16-/m0/s1. The third-order valence-corrected chi connectivity index (χ3v) is 4.09. The van der Waals surface area contributed by atoms with Crippen LogP contribution in [-0.4, -0.2) is 37.0 Å². The summed E-state index contributed by atoms with van der Waals surface area (Å²) in [5.41, 5.74) is 1.88. The number of hydrogen-bond acceptors (Lipinski definition) is 4. The molecule has 0 unspecified atom stereocenters. The first kappa shape index (κ1) is 18.3. The molecular formula is C17H30O4. The number of aliphatic hydroxyl groups excluding tert-OH is 1. The molecule has 0 aromatic rings. The summed E-state index contributed by atoms with van der Waals surface area (Å²) in [4.78, 5) is 11.6. The maximum atomic E-state index is 11.6. The highest BCUT2D eigenvalue weighted by Gasteiger charge is 2.37. The lowest BCUT2D eigenvalue weighted by molar-refractivity contribution is -0.180. The summed E-state index contributed by atoms with van der Waals surface area (Å²) < 4.78 is 11.2. The monoisotopic (exact) mass is 298 g/mol. The maximum absolute atomic E-state index is 11.6. The van der Waals surface area contributed by atoms with Gasteiger partial charge in [0, 0.05) is 18.8 Å². The van der Waals surface area contributed by atoms with E-state index in [-0.39, 0.29) is 5.92 Å². The Morgan fingerprint density at radius 2 is 1.90 bits per heavy atom. The highest BCUT2D eigenvalue weighted by Crippen LogP contribution is 2.35. The van der Waals surface area contributed by atoms with E-state index in [9.17, 15) is 9.90 Å². The minimum absolute atomic E-state index is 0.354. The molecule has 0 amide bonds. The Labute approximate surface area is 128 Å². The van der Waals surface area contributed by atoms with Crippen molar-refractivity contribution in [1.29, 1.82) is 0 Å². The molecule has 0 saturated heterocycles. The molecule has 1 aliphatic carbocycles. The van der Waals surface area contributed by atoms with Crippen LogP contribution in [-0.2, 0) is 14.3 Å². The minimum atomic E-state index is -0.566. The Balaban J connectivity index is 2.94. The SMILES string of the molecule is CCCCCC1=C(C=O)[C@H](C(OCC)OCC)[C@@H](O)CC1. The molecule has 0 heterocycles. The molecule has 4 nitrogen and oxygen atoms in total. The van der Waals surface area contributed by atoms with Crippen LogP contribution in [0.4, 0.5) is 0 Å². The summed E-state index contributed by atoms with van der Waals surface area (Å²) in [6, 6.07) is 0. The third kappa shape index (κ3) is 5.20. The molecule has 122 valence electrons. The fraction of sp³-hybridized carbons (Fsp3) is 0.824. The average molecular weight is 298 g/mol. The van der Waals surface area contributed by atoms with Gasteiger partial charge in [-0.2, -0.15) is 0 Å². The number of hydrogen-bond donors (Lipinski definition) is 1. The second kappa shape index (κ2) is 10.1. The number of carbonyl (C=O) groups is 1. The van der Waals surface area contributed by atoms with E-state index in [1.54, 1.807) is 0 Å². The van der Waals surface area contributed by atoms with Crippen LogP contribution in [0, 0.1) is 5.92 Å². The Hall–Kier alpha value is -0.710. The van der Waals surface area contributed by atoms with Crippen molar-refractivity contribution in [3.05, 3.63) is 11.1 Å². The van der Waals surface area contributed by atoms with E-state index in [0.29, 0.717) is 25.2 Å². The topological polar surface area (TPSA) is 55.8 Å². The minimum Gasteiger partial charge on any atom is -0.392 e. The summed E-state index contributed by atoms with van der Waals surface area (Å²) in [5, 5.41) is 10.3. The van der Waals surface area contributed by atoms with Crippen LogP contribution in [0.5, 0.6) is 0 Å². The van der Waals surface area contributed by atoms with Crippen LogP contribution in [0.15, 0.2) is 11.1 Å². The zero-order valence-electron chi connectivity index (χ0n) is 13.6. The normalized spacial score (nSPS) is 22.9. The Morgan fingerprint density at radius 3 is 2.43 bits per heavy atom. The smallest absolute Gasteiger partial charge is 0.166 e. The molecule has 1 N–H and O–H groups in total. The Bertz CT molecular complexity index is 332. The summed E-state index contributed by atoms with van der Waals surface area (Å²) in [6.45, 7) is 6.97. The van der Waals surface area contributed by atoms with Crippen molar-refractivity contribution >= 4 is 6.29 Å². The summed E-state index contributed by atoms with van der Waals surface area (Å²) in [5.74, 6) is -0.354. The van der Waals surface area contributed by atoms with Gasteiger partial charge in [-0.3, -0.25) is 4.79 Å². The van der Waals surface area contributed by atoms with Gasteiger partial charge >= 0.3 is 0 Å². The van der Waals surface area contributed by atoms with Gasteiger partial charge in [0.2, 0.25) is 0 Å². The molecule has 4 heteroatoms. The molecule has 0 radical (unpaired) electrons. The molecule has 0 aromatic heterocycles. The van der Waals surface area contributed by atoms with Gasteiger partial charge < -0.3 is 14.6 Å². The zero-order valence-corrected chi connectivity index (χ0v) is 13.6. The average Bonchev–Trinajstić information content (AvgIpc) is 2.48. The molecule has 0 saturated carbocycles. The summed E-state index contributed by atoms with van der Waals surface area (Å²) in [6.07, 6.45) is 5.66. The molecule has 2 atom stereocenters. The predicted molar refractivity (Wildman–Crippen MR) is 83.0 cm³/mol. The molecular weight excluding hydrogens is 268 g/mol. The molecule has 0 spiro atoms. The molecule has 1 rings (SSSR count). The van der Waals surface area contributed by atoms with E-state index in [1.807, 2.05) is 13.8 Å². The fourth-order valence-corrected chi connectivity index (χ4v) is 3.02. The Morgan fingerprint density at radius 1 is 1.24 bits per heavy atom. The quantitative estimate of drug-likeness (QED) is 0.382. The van der Waals surface area contributed by atoms with Crippen molar-refractivity contribution < 1.29 is 19.4 Å². The van der Waals surface area contributed by atoms with Crippen molar-refractivity contribution in [3.63, 3.8) is 0 Å². The molecule has 0 aliphatic heterocycles. The van der Waals surface area contributed by atoms with Crippen molar-refractivity contribution in [1.82, 2.24) is 0 Å². The van der Waals surface area contributed by atoms with Gasteiger partial charge in [0.05, 0.1) is 12.0 Å². The van der Waals surface area contributed by atoms with Gasteiger partial charge in [-0.15, -0.1) is 0 Å². The van der Waals surface area contributed by atoms with E-state index in [0.717, 1.165) is 32.0 Å². The van der Waals surface area contributed by atoms with Gasteiger partial charge in [-0.25, -0.2) is 0 Å². The molecule has 0 bridgehead atoms. The van der Waals surface area contributed by atoms with Crippen LogP contribution in [0.3, 0.4) is 0 Å². The van der Waals surface area contributed by atoms with Crippen LogP contribution in [0.25, 0.3) is 0 Å². The van der Waals surface area contributed by atoms with Crippen molar-refractivity contribution in [2.45, 2.75) is 71.7 Å². The van der Waals surface area contributed by atoms with E-state index in [2.05, 4.69) is 6.92 Å². The number of rotatable bonds is 10. The lowest BCUT2D eigenvalue weighted by Crippen LogP contribution is -2.40. The third-order valence-electron chi connectivity index (χ3n) is 4.09. The predicted octanol–water partition coefficient (Wildman–Crippen LogP) is 3.23. The van der Waals surface area contributed by atoms with Gasteiger partial charge in [0.1, 0.15) is 6.29 Å². The van der Waals surface area contributed by atoms with Crippen LogP contribution >= 0.6 is 0 Å². The van der Waals surface area contributed by atoms with E-state index in [4.69, 9.17) is 9.47 Å². The maximum Gasteiger partial charge on any atom is 0.166 e. The second-order valence-electron chi connectivity index (χ2n) is 5.54. The first-order valence-electron chi connectivity index (χ1n) is 8.27. The van der Waals surface area contributed by atoms with E-state index >= 15 is 0 Å². The van der Waals surface area contributed by atoms with Crippen molar-refractivity contribution in [2.24, 2.45) is 5.92 Å². The van der Waals surface area contributed by atoms with Gasteiger partial charge in [0.25, 0.3) is 0 Å². The van der Waals surface area contributed by atoms with E-state index < -0.39 is 12.4 Å². The Kier molecular flexibility index (Phi) is 8.81.